The maximum absolute atomic E-state index is 12.3. The maximum atomic E-state index is 12.3. The van der Waals surface area contributed by atoms with Crippen LogP contribution in [0, 0.1) is 11.8 Å². The molecule has 8 N–H and O–H groups in total. The highest BCUT2D eigenvalue weighted by Gasteiger charge is 2.60. The average molecular weight is 685 g/mol. The van der Waals surface area contributed by atoms with Crippen LogP contribution >= 0.6 is 23.5 Å². The number of amides is 2. The molecule has 0 aliphatic carbocycles. The molecule has 4 fully saturated rings. The number of carboxylic acids is 2. The van der Waals surface area contributed by atoms with E-state index in [0.717, 1.165) is 38.5 Å². The smallest absolute Gasteiger partial charge is 0.240 e. The third-order valence-electron chi connectivity index (χ3n) is 9.61. The number of β-lactam (4-membered cyclic amide) rings is 2. The van der Waals surface area contributed by atoms with Crippen LogP contribution in [-0.2, 0) is 19.2 Å². The minimum absolute atomic E-state index is 0.248. The van der Waals surface area contributed by atoms with E-state index in [9.17, 15) is 39.6 Å². The van der Waals surface area contributed by atoms with Gasteiger partial charge < -0.3 is 39.8 Å². The zero-order chi connectivity index (χ0) is 33.7. The van der Waals surface area contributed by atoms with E-state index in [1.54, 1.807) is 13.8 Å². The van der Waals surface area contributed by atoms with Crippen LogP contribution in [0.5, 0.6) is 0 Å². The van der Waals surface area contributed by atoms with Crippen LogP contribution in [0.2, 0.25) is 0 Å². The van der Waals surface area contributed by atoms with E-state index in [4.69, 9.17) is 11.5 Å². The van der Waals surface area contributed by atoms with Gasteiger partial charge in [-0.05, 0) is 39.5 Å². The van der Waals surface area contributed by atoms with Crippen molar-refractivity contribution in [3.63, 3.8) is 0 Å². The van der Waals surface area contributed by atoms with Gasteiger partial charge in [0.25, 0.3) is 0 Å². The van der Waals surface area contributed by atoms with E-state index < -0.39 is 48.1 Å². The number of fused-ring (bicyclic) bond motifs is 2. The van der Waals surface area contributed by atoms with Gasteiger partial charge >= 0.3 is 0 Å². The molecule has 4 aliphatic heterocycles. The van der Waals surface area contributed by atoms with Gasteiger partial charge in [0, 0.05) is 46.9 Å². The Hall–Kier alpha value is -2.56. The number of aliphatic hydroxyl groups excluding tert-OH is 2. The molecule has 4 aliphatic rings. The summed E-state index contributed by atoms with van der Waals surface area (Å²) in [4.78, 5) is 57.2. The molecule has 14 nitrogen and oxygen atoms in total. The predicted octanol–water partition coefficient (Wildman–Crippen LogP) is -6.13. The van der Waals surface area contributed by atoms with E-state index in [1.165, 1.54) is 33.3 Å². The van der Waals surface area contributed by atoms with Crippen molar-refractivity contribution in [2.75, 3.05) is 24.6 Å². The van der Waals surface area contributed by atoms with E-state index in [-0.39, 0.29) is 34.4 Å². The number of unbranched alkanes of at least 4 members (excludes halogenated alkanes) is 3. The molecule has 4 heterocycles. The lowest BCUT2D eigenvalue weighted by atomic mass is 9.84. The molecular formula is C30H48N6O8S2. The Kier molecular flexibility index (Phi) is 12.6. The molecule has 0 bridgehead atoms. The van der Waals surface area contributed by atoms with Crippen molar-refractivity contribution in [3.05, 3.63) is 0 Å². The summed E-state index contributed by atoms with van der Waals surface area (Å²) in [5.41, 5.74) is 12.2. The topological polar surface area (TPSA) is 241 Å². The summed E-state index contributed by atoms with van der Waals surface area (Å²) in [6.45, 7) is 4.28. The van der Waals surface area contributed by atoms with Gasteiger partial charge in [-0.1, -0.05) is 12.8 Å². The van der Waals surface area contributed by atoms with Crippen molar-refractivity contribution < 1.29 is 49.6 Å². The Labute approximate surface area is 277 Å². The van der Waals surface area contributed by atoms with Crippen LogP contribution in [0.1, 0.15) is 65.2 Å². The van der Waals surface area contributed by atoms with E-state index in [0.29, 0.717) is 49.1 Å². The Morgan fingerprint density at radius 2 is 1.15 bits per heavy atom. The van der Waals surface area contributed by atoms with Gasteiger partial charge in [0.15, 0.2) is 0 Å². The molecular weight excluding hydrogens is 636 g/mol. The first kappa shape index (κ1) is 36.3. The van der Waals surface area contributed by atoms with Crippen LogP contribution in [0.4, 0.5) is 0 Å². The number of aliphatic carboxylic acids is 2. The number of carboxylic acid groups (broad SMARTS) is 2. The molecule has 0 aromatic heterocycles. The molecule has 46 heavy (non-hydrogen) atoms. The van der Waals surface area contributed by atoms with E-state index >= 15 is 0 Å². The fourth-order valence-electron chi connectivity index (χ4n) is 7.39. The Balaban J connectivity index is 1.05. The Morgan fingerprint density at radius 1 is 0.783 bits per heavy atom. The van der Waals surface area contributed by atoms with Crippen LogP contribution in [-0.4, -0.2) is 127 Å². The molecule has 0 aromatic rings. The summed E-state index contributed by atoms with van der Waals surface area (Å²) >= 11 is 2.97. The molecule has 4 unspecified atom stereocenters. The number of thioether (sulfide) groups is 2. The normalized spacial score (nSPS) is 32.1. The van der Waals surface area contributed by atoms with Crippen LogP contribution in [0.15, 0.2) is 0 Å². The first-order chi connectivity index (χ1) is 21.8. The molecule has 0 saturated carbocycles. The molecule has 16 heteroatoms. The van der Waals surface area contributed by atoms with Gasteiger partial charge in [-0.2, -0.15) is 23.5 Å². The van der Waals surface area contributed by atoms with Crippen molar-refractivity contribution in [2.24, 2.45) is 23.3 Å². The standard InChI is InChI=1S/C30H48N6O8S2/c1-15(37)23-17-13-19(25(29(41)42)35(17)27(23)39)45-11-9-33-21(31)7-5-3-4-6-8-22(32)34-10-12-46-20-14-18-24(16(2)38)28(40)36(18)26(20)30(43)44/h15-20,23-26,37-38H,3-14H2,1-2H3,(H2,31,33)(H2,32,34)(H,41,42)(H,43,44)/t15-,16-,17?,18?,19?,20?,23-,24-,25-,26-/m1/s1. The number of amidine groups is 2. The summed E-state index contributed by atoms with van der Waals surface area (Å²) in [5, 5.41) is 42.6. The predicted molar refractivity (Wildman–Crippen MR) is 169 cm³/mol. The maximum Gasteiger partial charge on any atom is 0.240 e. The van der Waals surface area contributed by atoms with Crippen LogP contribution < -0.4 is 31.7 Å². The highest BCUT2D eigenvalue weighted by molar-refractivity contribution is 8.00. The number of aliphatic hydroxyl groups is 2. The van der Waals surface area contributed by atoms with Gasteiger partial charge in [-0.25, -0.2) is 0 Å². The number of nitrogens with one attached hydrogen (secondary N) is 2. The SMILES string of the molecule is C[C@@H](O)[C@H]1C(=O)N2C1CC(SCC[NH+]=C(N)CCCCCCC(N)=[NH+]CCSC1CC3[C@@H]([C@@H](C)O)C(=O)N3[C@H]1C(=O)[O-])[C@@H]2C(=O)[O-]. The van der Waals surface area contributed by atoms with Crippen molar-refractivity contribution >= 4 is 58.9 Å². The van der Waals surface area contributed by atoms with Gasteiger partial charge in [0.05, 0.1) is 61.2 Å². The lowest BCUT2D eigenvalue weighted by Crippen LogP contribution is -2.76. The molecule has 0 aromatic carbocycles. The number of rotatable bonds is 19. The fourth-order valence-corrected chi connectivity index (χ4v) is 9.95. The monoisotopic (exact) mass is 684 g/mol. The second kappa shape index (κ2) is 16.0. The summed E-state index contributed by atoms with van der Waals surface area (Å²) in [6, 6.07) is -2.43. The average Bonchev–Trinajstić information content (AvgIpc) is 3.48. The van der Waals surface area contributed by atoms with Crippen LogP contribution in [0.25, 0.3) is 0 Å². The number of carbonyl (C=O) groups excluding carboxylic acids is 4. The lowest BCUT2D eigenvalue weighted by molar-refractivity contribution is -0.453. The largest absolute Gasteiger partial charge is 0.548 e. The number of hydrogen-bond donors (Lipinski definition) is 6. The Morgan fingerprint density at radius 3 is 1.48 bits per heavy atom. The van der Waals surface area contributed by atoms with E-state index in [1.807, 2.05) is 0 Å². The second-order valence-corrected chi connectivity index (χ2v) is 15.5. The van der Waals surface area contributed by atoms with E-state index in [2.05, 4.69) is 9.98 Å². The zero-order valence-corrected chi connectivity index (χ0v) is 28.1. The quantitative estimate of drug-likeness (QED) is 0.0322. The van der Waals surface area contributed by atoms with Gasteiger partial charge in [-0.15, -0.1) is 0 Å². The van der Waals surface area contributed by atoms with Gasteiger partial charge in [0.2, 0.25) is 23.5 Å². The van der Waals surface area contributed by atoms with Crippen molar-refractivity contribution in [1.29, 1.82) is 0 Å². The molecule has 4 rings (SSSR count). The number of nitrogens with two attached hydrogens (primary N) is 2. The lowest BCUT2D eigenvalue weighted by Gasteiger charge is -2.47. The van der Waals surface area contributed by atoms with Gasteiger partial charge in [0.1, 0.15) is 0 Å². The number of carbonyl (C=O) groups is 4. The summed E-state index contributed by atoms with van der Waals surface area (Å²) in [7, 11) is 0. The summed E-state index contributed by atoms with van der Waals surface area (Å²) in [6.07, 6.45) is 4.71. The third-order valence-corrected chi connectivity index (χ3v) is 12.2. The summed E-state index contributed by atoms with van der Waals surface area (Å²) in [5.74, 6) is -1.58. The number of nitrogens with zero attached hydrogens (tertiary/aromatic N) is 2. The first-order valence-electron chi connectivity index (χ1n) is 16.2. The third kappa shape index (κ3) is 7.93. The minimum atomic E-state index is -1.25. The van der Waals surface area contributed by atoms with Crippen molar-refractivity contribution in [3.8, 4) is 0 Å². The fraction of sp³-hybridized carbons (Fsp3) is 0.800. The van der Waals surface area contributed by atoms with Crippen LogP contribution in [0.3, 0.4) is 0 Å². The molecule has 10 atom stereocenters. The zero-order valence-electron chi connectivity index (χ0n) is 26.5. The first-order valence-corrected chi connectivity index (χ1v) is 18.3. The molecule has 0 radical (unpaired) electrons. The highest BCUT2D eigenvalue weighted by Crippen LogP contribution is 2.46. The van der Waals surface area contributed by atoms with Crippen molar-refractivity contribution in [2.45, 2.75) is 112 Å². The molecule has 4 saturated heterocycles. The Bertz CT molecular complexity index is 1110. The molecule has 0 spiro atoms. The second-order valence-electron chi connectivity index (χ2n) is 12.8. The minimum Gasteiger partial charge on any atom is -0.548 e. The highest BCUT2D eigenvalue weighted by atomic mass is 32.2. The summed E-state index contributed by atoms with van der Waals surface area (Å²) < 4.78 is 0. The molecule has 258 valence electrons. The molecule has 2 amide bonds. The van der Waals surface area contributed by atoms with Crippen molar-refractivity contribution in [1.82, 2.24) is 9.80 Å². The number of hydrogen-bond acceptors (Lipinski definition) is 10. The van der Waals surface area contributed by atoms with Gasteiger partial charge in [-0.3, -0.25) is 31.0 Å².